The van der Waals surface area contributed by atoms with E-state index in [0.717, 1.165) is 23.4 Å². The first-order valence-electron chi connectivity index (χ1n) is 7.75. The van der Waals surface area contributed by atoms with E-state index >= 15 is 0 Å². The Morgan fingerprint density at radius 2 is 2.14 bits per heavy atom. The molecule has 0 aliphatic heterocycles. The monoisotopic (exact) mass is 320 g/mol. The summed E-state index contributed by atoms with van der Waals surface area (Å²) < 4.78 is 5.66. The maximum Gasteiger partial charge on any atom is 0.236 e. The Bertz CT molecular complexity index is 602. The number of aromatic nitrogens is 1. The average molecular weight is 320 g/mol. The van der Waals surface area contributed by atoms with Crippen LogP contribution in [-0.2, 0) is 11.2 Å². The molecule has 0 spiro atoms. The molecule has 1 amide bonds. The molecule has 0 aliphatic carbocycles. The van der Waals surface area contributed by atoms with E-state index in [1.165, 1.54) is 0 Å². The van der Waals surface area contributed by atoms with E-state index in [1.807, 2.05) is 31.4 Å². The van der Waals surface area contributed by atoms with Crippen LogP contribution in [0.15, 0.2) is 21.9 Å². The first kappa shape index (κ1) is 16.7. The number of nitrogens with zero attached hydrogens (tertiary/aromatic N) is 1. The predicted molar refractivity (Wildman–Crippen MR) is 89.9 cm³/mol. The number of hydrogen-bond donors (Lipinski definition) is 1. The van der Waals surface area contributed by atoms with Crippen molar-refractivity contribution in [1.82, 2.24) is 10.3 Å². The largest absolute Gasteiger partial charge is 0.440 e. The van der Waals surface area contributed by atoms with E-state index in [-0.39, 0.29) is 18.4 Å². The van der Waals surface area contributed by atoms with Gasteiger partial charge in [0.05, 0.1) is 17.0 Å². The number of rotatable bonds is 7. The van der Waals surface area contributed by atoms with Crippen LogP contribution in [0.3, 0.4) is 0 Å². The zero-order chi connectivity index (χ0) is 16.1. The van der Waals surface area contributed by atoms with Crippen molar-refractivity contribution in [1.29, 1.82) is 0 Å². The lowest BCUT2D eigenvalue weighted by Crippen LogP contribution is -2.34. The number of oxazole rings is 1. The summed E-state index contributed by atoms with van der Waals surface area (Å²) in [4.78, 5) is 17.6. The predicted octanol–water partition coefficient (Wildman–Crippen LogP) is 4.19. The van der Waals surface area contributed by atoms with Crippen LogP contribution in [0.2, 0.25) is 0 Å². The second kappa shape index (κ2) is 7.58. The third-order valence-electron chi connectivity index (χ3n) is 3.54. The van der Waals surface area contributed by atoms with Gasteiger partial charge in [-0.05, 0) is 44.1 Å². The van der Waals surface area contributed by atoms with E-state index in [2.05, 4.69) is 24.1 Å². The van der Waals surface area contributed by atoms with Crippen molar-refractivity contribution in [2.45, 2.75) is 53.0 Å². The summed E-state index contributed by atoms with van der Waals surface area (Å²) in [7, 11) is 0. The molecule has 2 aromatic rings. The molecule has 0 aromatic carbocycles. The minimum atomic E-state index is 0.00499. The van der Waals surface area contributed by atoms with Gasteiger partial charge in [0.1, 0.15) is 5.76 Å². The van der Waals surface area contributed by atoms with Gasteiger partial charge in [0.15, 0.2) is 0 Å². The van der Waals surface area contributed by atoms with Gasteiger partial charge in [0.25, 0.3) is 0 Å². The third kappa shape index (κ3) is 4.70. The molecule has 1 N–H and O–H groups in total. The number of hydrogen-bond acceptors (Lipinski definition) is 4. The highest BCUT2D eigenvalue weighted by atomic mass is 32.1. The lowest BCUT2D eigenvalue weighted by atomic mass is 10.0. The summed E-state index contributed by atoms with van der Waals surface area (Å²) in [6.45, 7) is 8.29. The molecule has 2 rings (SSSR count). The smallest absolute Gasteiger partial charge is 0.236 e. The van der Waals surface area contributed by atoms with Crippen molar-refractivity contribution >= 4 is 17.2 Å². The number of carbonyl (C=O) groups is 1. The van der Waals surface area contributed by atoms with Gasteiger partial charge in [-0.3, -0.25) is 4.79 Å². The minimum absolute atomic E-state index is 0.00499. The molecular formula is C17H24N2O2S. The standard InChI is InChI=1S/C17H24N2O2S/c1-11(2)7-8-12(3)18-16(20)10-14-13(4)21-17(19-14)15-6-5-9-22-15/h5-6,9,11-12H,7-8,10H2,1-4H3,(H,18,20). The highest BCUT2D eigenvalue weighted by Gasteiger charge is 2.16. The Morgan fingerprint density at radius 3 is 2.77 bits per heavy atom. The summed E-state index contributed by atoms with van der Waals surface area (Å²) in [6, 6.07) is 4.12. The molecule has 0 aliphatic rings. The van der Waals surface area contributed by atoms with Gasteiger partial charge in [-0.25, -0.2) is 4.98 Å². The molecule has 1 unspecified atom stereocenters. The highest BCUT2D eigenvalue weighted by molar-refractivity contribution is 7.13. The van der Waals surface area contributed by atoms with Crippen LogP contribution in [0.5, 0.6) is 0 Å². The van der Waals surface area contributed by atoms with Crippen LogP contribution in [0.1, 0.15) is 45.1 Å². The first-order chi connectivity index (χ1) is 10.5. The zero-order valence-electron chi connectivity index (χ0n) is 13.7. The first-order valence-corrected chi connectivity index (χ1v) is 8.63. The average Bonchev–Trinajstić information content (AvgIpc) is 3.07. The molecule has 0 fully saturated rings. The molecule has 0 saturated carbocycles. The fraction of sp³-hybridized carbons (Fsp3) is 0.529. The quantitative estimate of drug-likeness (QED) is 0.832. The molecule has 0 saturated heterocycles. The third-order valence-corrected chi connectivity index (χ3v) is 4.39. The van der Waals surface area contributed by atoms with E-state index < -0.39 is 0 Å². The Hall–Kier alpha value is -1.62. The van der Waals surface area contributed by atoms with E-state index in [4.69, 9.17) is 4.42 Å². The summed E-state index contributed by atoms with van der Waals surface area (Å²) in [5.74, 6) is 1.98. The highest BCUT2D eigenvalue weighted by Crippen LogP contribution is 2.26. The van der Waals surface area contributed by atoms with Gasteiger partial charge in [-0.15, -0.1) is 11.3 Å². The lowest BCUT2D eigenvalue weighted by molar-refractivity contribution is -0.121. The summed E-state index contributed by atoms with van der Waals surface area (Å²) in [6.07, 6.45) is 2.39. The fourth-order valence-corrected chi connectivity index (χ4v) is 2.88. The number of amides is 1. The van der Waals surface area contributed by atoms with Gasteiger partial charge < -0.3 is 9.73 Å². The molecule has 1 atom stereocenters. The summed E-state index contributed by atoms with van der Waals surface area (Å²) >= 11 is 1.58. The topological polar surface area (TPSA) is 55.1 Å². The molecule has 5 heteroatoms. The molecule has 22 heavy (non-hydrogen) atoms. The van der Waals surface area contributed by atoms with Crippen LogP contribution < -0.4 is 5.32 Å². The summed E-state index contributed by atoms with van der Waals surface area (Å²) in [5, 5.41) is 5.02. The Labute approximate surface area is 136 Å². The normalized spacial score (nSPS) is 12.6. The van der Waals surface area contributed by atoms with E-state index in [9.17, 15) is 4.79 Å². The van der Waals surface area contributed by atoms with Crippen molar-refractivity contribution in [2.75, 3.05) is 0 Å². The van der Waals surface area contributed by atoms with Gasteiger partial charge in [0.2, 0.25) is 11.8 Å². The van der Waals surface area contributed by atoms with Crippen LogP contribution in [-0.4, -0.2) is 16.9 Å². The van der Waals surface area contributed by atoms with Crippen molar-refractivity contribution in [3.63, 3.8) is 0 Å². The Kier molecular flexibility index (Phi) is 5.77. The molecule has 2 heterocycles. The van der Waals surface area contributed by atoms with E-state index in [0.29, 0.717) is 17.6 Å². The van der Waals surface area contributed by atoms with Gasteiger partial charge >= 0.3 is 0 Å². The maximum atomic E-state index is 12.1. The van der Waals surface area contributed by atoms with Crippen LogP contribution >= 0.6 is 11.3 Å². The molecule has 120 valence electrons. The molecule has 2 aromatic heterocycles. The Morgan fingerprint density at radius 1 is 1.36 bits per heavy atom. The van der Waals surface area contributed by atoms with Crippen LogP contribution in [0, 0.1) is 12.8 Å². The van der Waals surface area contributed by atoms with Gasteiger partial charge in [-0.2, -0.15) is 0 Å². The lowest BCUT2D eigenvalue weighted by Gasteiger charge is -2.14. The van der Waals surface area contributed by atoms with Crippen molar-refractivity contribution in [3.8, 4) is 10.8 Å². The van der Waals surface area contributed by atoms with Gasteiger partial charge in [0, 0.05) is 6.04 Å². The number of thiophene rings is 1. The molecule has 0 radical (unpaired) electrons. The van der Waals surface area contributed by atoms with Crippen molar-refractivity contribution < 1.29 is 9.21 Å². The van der Waals surface area contributed by atoms with Crippen molar-refractivity contribution in [2.24, 2.45) is 5.92 Å². The molecular weight excluding hydrogens is 296 g/mol. The summed E-state index contributed by atoms with van der Waals surface area (Å²) in [5.41, 5.74) is 0.719. The number of nitrogens with one attached hydrogen (secondary N) is 1. The zero-order valence-corrected chi connectivity index (χ0v) is 14.5. The van der Waals surface area contributed by atoms with Crippen molar-refractivity contribution in [3.05, 3.63) is 29.0 Å². The number of aryl methyl sites for hydroxylation is 1. The molecule has 4 nitrogen and oxygen atoms in total. The second-order valence-electron chi connectivity index (χ2n) is 6.12. The minimum Gasteiger partial charge on any atom is -0.440 e. The van der Waals surface area contributed by atoms with Gasteiger partial charge in [-0.1, -0.05) is 19.9 Å². The van der Waals surface area contributed by atoms with E-state index in [1.54, 1.807) is 11.3 Å². The number of carbonyl (C=O) groups excluding carboxylic acids is 1. The van der Waals surface area contributed by atoms with Crippen LogP contribution in [0.4, 0.5) is 0 Å². The SMILES string of the molecule is Cc1oc(-c2cccs2)nc1CC(=O)NC(C)CCC(C)C. The maximum absolute atomic E-state index is 12.1. The Balaban J connectivity index is 1.92. The fourth-order valence-electron chi connectivity index (χ4n) is 2.23. The molecule has 0 bridgehead atoms. The second-order valence-corrected chi connectivity index (χ2v) is 7.06. The van der Waals surface area contributed by atoms with Crippen LogP contribution in [0.25, 0.3) is 10.8 Å².